The number of rotatable bonds is 6. The molecule has 0 saturated carbocycles. The molecule has 2 N–H and O–H groups in total. The molecule has 0 bridgehead atoms. The summed E-state index contributed by atoms with van der Waals surface area (Å²) in [5, 5.41) is 5.01. The average molecular weight is 334 g/mol. The second-order valence-electron chi connectivity index (χ2n) is 5.34. The van der Waals surface area contributed by atoms with Crippen LogP contribution < -0.4 is 10.6 Å². The second kappa shape index (κ2) is 7.07. The molecule has 0 aromatic carbocycles. The number of amides is 4. The number of esters is 1. The Bertz CT molecular complexity index is 663. The SMILES string of the molecule is COC(=O)CCNC(=O)CN1C(=O)N[C@](C)(c2ccccn2)C1=O. The Morgan fingerprint density at radius 2 is 2.12 bits per heavy atom. The van der Waals surface area contributed by atoms with Gasteiger partial charge in [-0.05, 0) is 19.1 Å². The number of imide groups is 1. The molecule has 1 aliphatic heterocycles. The molecule has 0 spiro atoms. The summed E-state index contributed by atoms with van der Waals surface area (Å²) in [5.74, 6) is -1.57. The van der Waals surface area contributed by atoms with Crippen LogP contribution in [-0.2, 0) is 24.7 Å². The topological polar surface area (TPSA) is 118 Å². The van der Waals surface area contributed by atoms with E-state index in [1.165, 1.54) is 20.2 Å². The van der Waals surface area contributed by atoms with Gasteiger partial charge in [0.2, 0.25) is 5.91 Å². The lowest BCUT2D eigenvalue weighted by Crippen LogP contribution is -2.43. The van der Waals surface area contributed by atoms with Crippen LogP contribution in [0.3, 0.4) is 0 Å². The smallest absolute Gasteiger partial charge is 0.325 e. The van der Waals surface area contributed by atoms with Crippen molar-refractivity contribution in [1.82, 2.24) is 20.5 Å². The standard InChI is InChI=1S/C15H18N4O5/c1-15(10-5-3-4-7-16-10)13(22)19(14(23)18-15)9-11(20)17-8-6-12(21)24-2/h3-5,7H,6,8-9H2,1-2H3,(H,17,20)(H,18,23)/t15-/m1/s1. The van der Waals surface area contributed by atoms with Crippen molar-refractivity contribution in [2.75, 3.05) is 20.2 Å². The van der Waals surface area contributed by atoms with Gasteiger partial charge in [-0.1, -0.05) is 6.07 Å². The summed E-state index contributed by atoms with van der Waals surface area (Å²) in [6.07, 6.45) is 1.52. The van der Waals surface area contributed by atoms with Crippen molar-refractivity contribution in [1.29, 1.82) is 0 Å². The van der Waals surface area contributed by atoms with E-state index in [1.807, 2.05) is 0 Å². The molecule has 1 atom stereocenters. The van der Waals surface area contributed by atoms with Crippen LogP contribution in [0.25, 0.3) is 0 Å². The van der Waals surface area contributed by atoms with Crippen LogP contribution in [0.15, 0.2) is 24.4 Å². The van der Waals surface area contributed by atoms with Gasteiger partial charge in [-0.15, -0.1) is 0 Å². The Kier molecular flexibility index (Phi) is 5.12. The van der Waals surface area contributed by atoms with E-state index in [-0.39, 0.29) is 13.0 Å². The quantitative estimate of drug-likeness (QED) is 0.536. The van der Waals surface area contributed by atoms with E-state index < -0.39 is 35.9 Å². The van der Waals surface area contributed by atoms with E-state index in [0.717, 1.165) is 4.90 Å². The zero-order chi connectivity index (χ0) is 17.7. The molecule has 0 radical (unpaired) electrons. The molecule has 24 heavy (non-hydrogen) atoms. The minimum absolute atomic E-state index is 0.00797. The maximum absolute atomic E-state index is 12.6. The van der Waals surface area contributed by atoms with Gasteiger partial charge in [0.1, 0.15) is 6.54 Å². The highest BCUT2D eigenvalue weighted by Crippen LogP contribution is 2.26. The predicted molar refractivity (Wildman–Crippen MR) is 81.5 cm³/mol. The van der Waals surface area contributed by atoms with E-state index in [0.29, 0.717) is 5.69 Å². The van der Waals surface area contributed by atoms with Crippen molar-refractivity contribution >= 4 is 23.8 Å². The fourth-order valence-electron chi connectivity index (χ4n) is 2.28. The molecule has 2 heterocycles. The predicted octanol–water partition coefficient (Wildman–Crippen LogP) is -0.472. The van der Waals surface area contributed by atoms with Gasteiger partial charge in [0.05, 0.1) is 19.2 Å². The van der Waals surface area contributed by atoms with Crippen molar-refractivity contribution in [3.05, 3.63) is 30.1 Å². The summed E-state index contributed by atoms with van der Waals surface area (Å²) in [6.45, 7) is 1.16. The molecule has 1 aromatic heterocycles. The van der Waals surface area contributed by atoms with Gasteiger partial charge in [-0.3, -0.25) is 24.3 Å². The van der Waals surface area contributed by atoms with Crippen molar-refractivity contribution in [3.63, 3.8) is 0 Å². The molecule has 1 aromatic rings. The number of nitrogens with zero attached hydrogens (tertiary/aromatic N) is 2. The van der Waals surface area contributed by atoms with Crippen LogP contribution >= 0.6 is 0 Å². The van der Waals surface area contributed by atoms with Crippen molar-refractivity contribution in [2.24, 2.45) is 0 Å². The third-order valence-electron chi connectivity index (χ3n) is 3.63. The van der Waals surface area contributed by atoms with Crippen LogP contribution in [-0.4, -0.2) is 53.9 Å². The normalized spacial score (nSPS) is 19.8. The number of ether oxygens (including phenoxy) is 1. The van der Waals surface area contributed by atoms with Gasteiger partial charge < -0.3 is 15.4 Å². The first-order valence-electron chi connectivity index (χ1n) is 7.27. The molecule has 9 heteroatoms. The lowest BCUT2D eigenvalue weighted by Gasteiger charge is -2.20. The van der Waals surface area contributed by atoms with Gasteiger partial charge in [-0.2, -0.15) is 0 Å². The summed E-state index contributed by atoms with van der Waals surface area (Å²) in [7, 11) is 1.25. The Morgan fingerprint density at radius 1 is 1.38 bits per heavy atom. The summed E-state index contributed by atoms with van der Waals surface area (Å²) >= 11 is 0. The van der Waals surface area contributed by atoms with E-state index in [2.05, 4.69) is 20.4 Å². The zero-order valence-electron chi connectivity index (χ0n) is 13.4. The summed E-state index contributed by atoms with van der Waals surface area (Å²) in [4.78, 5) is 52.3. The van der Waals surface area contributed by atoms with E-state index >= 15 is 0 Å². The fourth-order valence-corrected chi connectivity index (χ4v) is 2.28. The molecular formula is C15H18N4O5. The molecule has 1 fully saturated rings. The fraction of sp³-hybridized carbons (Fsp3) is 0.400. The summed E-state index contributed by atoms with van der Waals surface area (Å²) in [6, 6.07) is 4.35. The van der Waals surface area contributed by atoms with Gasteiger partial charge in [-0.25, -0.2) is 4.79 Å². The third-order valence-corrected chi connectivity index (χ3v) is 3.63. The summed E-state index contributed by atoms with van der Waals surface area (Å²) in [5.41, 5.74) is -0.929. The Morgan fingerprint density at radius 3 is 2.75 bits per heavy atom. The number of methoxy groups -OCH3 is 1. The minimum Gasteiger partial charge on any atom is -0.469 e. The van der Waals surface area contributed by atoms with Crippen LogP contribution in [0, 0.1) is 0 Å². The highest BCUT2D eigenvalue weighted by Gasteiger charge is 2.50. The van der Waals surface area contributed by atoms with Gasteiger partial charge >= 0.3 is 12.0 Å². The maximum atomic E-state index is 12.6. The van der Waals surface area contributed by atoms with Crippen LogP contribution in [0.4, 0.5) is 4.79 Å². The first-order valence-corrected chi connectivity index (χ1v) is 7.27. The van der Waals surface area contributed by atoms with Crippen LogP contribution in [0.2, 0.25) is 0 Å². The molecule has 1 aliphatic rings. The second-order valence-corrected chi connectivity index (χ2v) is 5.34. The molecule has 4 amide bonds. The van der Waals surface area contributed by atoms with Crippen molar-refractivity contribution in [3.8, 4) is 0 Å². The van der Waals surface area contributed by atoms with E-state index in [4.69, 9.17) is 0 Å². The van der Waals surface area contributed by atoms with Gasteiger partial charge in [0.25, 0.3) is 5.91 Å². The first-order chi connectivity index (χ1) is 11.4. The zero-order valence-corrected chi connectivity index (χ0v) is 13.4. The number of carbonyl (C=O) groups is 4. The number of hydrogen-bond donors (Lipinski definition) is 2. The van der Waals surface area contributed by atoms with Crippen LogP contribution in [0.1, 0.15) is 19.0 Å². The van der Waals surface area contributed by atoms with E-state index in [9.17, 15) is 19.2 Å². The number of carbonyl (C=O) groups excluding carboxylic acids is 4. The Labute approximate surface area is 138 Å². The maximum Gasteiger partial charge on any atom is 0.325 e. The van der Waals surface area contributed by atoms with Gasteiger partial charge in [0.15, 0.2) is 5.54 Å². The first kappa shape index (κ1) is 17.4. The summed E-state index contributed by atoms with van der Waals surface area (Å²) < 4.78 is 4.45. The molecular weight excluding hydrogens is 316 g/mol. The third kappa shape index (κ3) is 3.50. The van der Waals surface area contributed by atoms with Crippen molar-refractivity contribution in [2.45, 2.75) is 18.9 Å². The van der Waals surface area contributed by atoms with Crippen molar-refractivity contribution < 1.29 is 23.9 Å². The number of aromatic nitrogens is 1. The Balaban J connectivity index is 1.99. The van der Waals surface area contributed by atoms with Crippen LogP contribution in [0.5, 0.6) is 0 Å². The Hall–Kier alpha value is -2.97. The highest BCUT2D eigenvalue weighted by atomic mass is 16.5. The molecule has 128 valence electrons. The molecule has 9 nitrogen and oxygen atoms in total. The molecule has 0 unspecified atom stereocenters. The molecule has 0 aliphatic carbocycles. The monoisotopic (exact) mass is 334 g/mol. The number of nitrogens with one attached hydrogen (secondary N) is 2. The lowest BCUT2D eigenvalue weighted by molar-refractivity contribution is -0.140. The average Bonchev–Trinajstić information content (AvgIpc) is 2.79. The molecule has 1 saturated heterocycles. The minimum atomic E-state index is -1.31. The molecule has 2 rings (SSSR count). The van der Waals surface area contributed by atoms with Gasteiger partial charge in [0, 0.05) is 12.7 Å². The number of hydrogen-bond acceptors (Lipinski definition) is 6. The largest absolute Gasteiger partial charge is 0.469 e. The van der Waals surface area contributed by atoms with E-state index in [1.54, 1.807) is 18.2 Å². The lowest BCUT2D eigenvalue weighted by atomic mass is 9.97. The number of urea groups is 1. The number of pyridine rings is 1. The highest BCUT2D eigenvalue weighted by molar-refractivity contribution is 6.08.